The van der Waals surface area contributed by atoms with Crippen LogP contribution in [-0.2, 0) is 4.79 Å². The normalized spacial score (nSPS) is 14.7. The quantitative estimate of drug-likeness (QED) is 0.774. The molecule has 0 aromatic heterocycles. The van der Waals surface area contributed by atoms with Crippen molar-refractivity contribution in [2.75, 3.05) is 19.0 Å². The number of amides is 1. The van der Waals surface area contributed by atoms with Gasteiger partial charge in [-0.2, -0.15) is 0 Å². The van der Waals surface area contributed by atoms with E-state index in [0.29, 0.717) is 10.9 Å². The molecule has 2 N–H and O–H groups in total. The van der Waals surface area contributed by atoms with Crippen LogP contribution >= 0.6 is 11.6 Å². The fourth-order valence-corrected chi connectivity index (χ4v) is 3.00. The Kier molecular flexibility index (Phi) is 5.49. The molecule has 1 unspecified atom stereocenters. The summed E-state index contributed by atoms with van der Waals surface area (Å²) in [5.41, 5.74) is 2.98. The van der Waals surface area contributed by atoms with E-state index in [-0.39, 0.29) is 18.5 Å². The van der Waals surface area contributed by atoms with E-state index >= 15 is 0 Å². The van der Waals surface area contributed by atoms with Crippen LogP contribution in [0.4, 0.5) is 5.69 Å². The number of halogens is 1. The largest absolute Gasteiger partial charge is 0.497 e. The van der Waals surface area contributed by atoms with Gasteiger partial charge < -0.3 is 15.4 Å². The van der Waals surface area contributed by atoms with Gasteiger partial charge in [0, 0.05) is 10.7 Å². The minimum absolute atomic E-state index is 0.0237. The van der Waals surface area contributed by atoms with Crippen LogP contribution in [0.2, 0.25) is 5.02 Å². The number of nitrogens with one attached hydrogen (secondary N) is 2. The van der Waals surface area contributed by atoms with Gasteiger partial charge in [0.1, 0.15) is 5.75 Å². The predicted molar refractivity (Wildman–Crippen MR) is 101 cm³/mol. The molecule has 0 saturated heterocycles. The summed E-state index contributed by atoms with van der Waals surface area (Å²) in [6.07, 6.45) is 2.30. The standard InChI is InChI=1S/C20H23ClN2O2/c1-13-3-8-16(11-18(13)21)22-12-19(24)23-20(14-4-5-14)15-6-9-17(25-2)10-7-15/h3,6-11,14,20,22H,4-5,12H2,1-2H3,(H,23,24). The fourth-order valence-electron chi connectivity index (χ4n) is 2.82. The van der Waals surface area contributed by atoms with Gasteiger partial charge in [-0.1, -0.05) is 29.8 Å². The number of anilines is 1. The highest BCUT2D eigenvalue weighted by molar-refractivity contribution is 6.31. The van der Waals surface area contributed by atoms with E-state index in [4.69, 9.17) is 16.3 Å². The van der Waals surface area contributed by atoms with Crippen molar-refractivity contribution < 1.29 is 9.53 Å². The van der Waals surface area contributed by atoms with Gasteiger partial charge in [-0.15, -0.1) is 0 Å². The first-order chi connectivity index (χ1) is 12.1. The summed E-state index contributed by atoms with van der Waals surface area (Å²) in [6, 6.07) is 13.7. The van der Waals surface area contributed by atoms with Crippen LogP contribution in [0.3, 0.4) is 0 Å². The number of hydrogen-bond acceptors (Lipinski definition) is 3. The topological polar surface area (TPSA) is 50.4 Å². The average Bonchev–Trinajstić information content (AvgIpc) is 3.46. The van der Waals surface area contributed by atoms with Crippen LogP contribution in [0.5, 0.6) is 5.75 Å². The first-order valence-electron chi connectivity index (χ1n) is 8.50. The first kappa shape index (κ1) is 17.6. The molecule has 0 radical (unpaired) electrons. The maximum Gasteiger partial charge on any atom is 0.239 e. The first-order valence-corrected chi connectivity index (χ1v) is 8.88. The van der Waals surface area contributed by atoms with Crippen LogP contribution in [0.1, 0.15) is 30.0 Å². The molecular weight excluding hydrogens is 336 g/mol. The van der Waals surface area contributed by atoms with E-state index in [9.17, 15) is 4.79 Å². The van der Waals surface area contributed by atoms with Crippen LogP contribution < -0.4 is 15.4 Å². The van der Waals surface area contributed by atoms with E-state index < -0.39 is 0 Å². The van der Waals surface area contributed by atoms with E-state index in [2.05, 4.69) is 10.6 Å². The summed E-state index contributed by atoms with van der Waals surface area (Å²) in [7, 11) is 1.65. The number of hydrogen-bond donors (Lipinski definition) is 2. The van der Waals surface area contributed by atoms with Crippen molar-refractivity contribution in [3.05, 3.63) is 58.6 Å². The molecule has 0 spiro atoms. The molecule has 1 atom stereocenters. The Balaban J connectivity index is 1.59. The van der Waals surface area contributed by atoms with E-state index in [1.54, 1.807) is 7.11 Å². The zero-order chi connectivity index (χ0) is 17.8. The van der Waals surface area contributed by atoms with Crippen molar-refractivity contribution in [2.45, 2.75) is 25.8 Å². The van der Waals surface area contributed by atoms with Gasteiger partial charge in [0.15, 0.2) is 0 Å². The number of aryl methyl sites for hydroxylation is 1. The second kappa shape index (κ2) is 7.79. The summed E-state index contributed by atoms with van der Waals surface area (Å²) in [6.45, 7) is 2.17. The van der Waals surface area contributed by atoms with Gasteiger partial charge in [-0.25, -0.2) is 0 Å². The molecule has 1 amide bonds. The highest BCUT2D eigenvalue weighted by Crippen LogP contribution is 2.41. The van der Waals surface area contributed by atoms with Crippen LogP contribution in [0, 0.1) is 12.8 Å². The molecule has 1 fully saturated rings. The number of rotatable bonds is 7. The Morgan fingerprint density at radius 2 is 1.96 bits per heavy atom. The Hall–Kier alpha value is -2.20. The molecule has 2 aromatic carbocycles. The van der Waals surface area contributed by atoms with Crippen molar-refractivity contribution in [2.24, 2.45) is 5.92 Å². The van der Waals surface area contributed by atoms with Crippen molar-refractivity contribution in [3.63, 3.8) is 0 Å². The van der Waals surface area contributed by atoms with E-state index in [1.807, 2.05) is 49.4 Å². The van der Waals surface area contributed by atoms with E-state index in [1.165, 1.54) is 0 Å². The lowest BCUT2D eigenvalue weighted by molar-refractivity contribution is -0.120. The molecule has 4 nitrogen and oxygen atoms in total. The molecule has 1 saturated carbocycles. The summed E-state index contributed by atoms with van der Waals surface area (Å²) in [5.74, 6) is 1.32. The molecule has 0 bridgehead atoms. The maximum absolute atomic E-state index is 12.4. The molecule has 25 heavy (non-hydrogen) atoms. The lowest BCUT2D eigenvalue weighted by atomic mass is 10.0. The van der Waals surface area contributed by atoms with Crippen LogP contribution in [0.15, 0.2) is 42.5 Å². The van der Waals surface area contributed by atoms with Gasteiger partial charge in [-0.05, 0) is 61.1 Å². The SMILES string of the molecule is COc1ccc(C(NC(=O)CNc2ccc(C)c(Cl)c2)C2CC2)cc1. The average molecular weight is 359 g/mol. The molecule has 3 rings (SSSR count). The molecule has 2 aromatic rings. The number of benzene rings is 2. The molecule has 132 valence electrons. The summed E-state index contributed by atoms with van der Waals surface area (Å²) >= 11 is 6.12. The van der Waals surface area contributed by atoms with Gasteiger partial charge in [0.25, 0.3) is 0 Å². The predicted octanol–water partition coefficient (Wildman–Crippen LogP) is 4.34. The highest BCUT2D eigenvalue weighted by Gasteiger charge is 2.33. The number of carbonyl (C=O) groups is 1. The minimum Gasteiger partial charge on any atom is -0.497 e. The third-order valence-corrected chi connectivity index (χ3v) is 4.92. The zero-order valence-electron chi connectivity index (χ0n) is 14.5. The Morgan fingerprint density at radius 1 is 1.24 bits per heavy atom. The van der Waals surface area contributed by atoms with Gasteiger partial charge in [0.05, 0.1) is 19.7 Å². The van der Waals surface area contributed by atoms with Crippen molar-refractivity contribution >= 4 is 23.2 Å². The second-order valence-corrected chi connectivity index (χ2v) is 6.88. The summed E-state index contributed by atoms with van der Waals surface area (Å²) in [5, 5.41) is 6.98. The molecule has 5 heteroatoms. The zero-order valence-corrected chi connectivity index (χ0v) is 15.3. The summed E-state index contributed by atoms with van der Waals surface area (Å²) in [4.78, 5) is 12.4. The Bertz CT molecular complexity index is 742. The fraction of sp³-hybridized carbons (Fsp3) is 0.350. The number of carbonyl (C=O) groups excluding carboxylic acids is 1. The smallest absolute Gasteiger partial charge is 0.239 e. The van der Waals surface area contributed by atoms with Crippen molar-refractivity contribution in [1.29, 1.82) is 0 Å². The van der Waals surface area contributed by atoms with Gasteiger partial charge in [-0.3, -0.25) is 4.79 Å². The van der Waals surface area contributed by atoms with Crippen molar-refractivity contribution in [1.82, 2.24) is 5.32 Å². The van der Waals surface area contributed by atoms with E-state index in [0.717, 1.165) is 35.4 Å². The highest BCUT2D eigenvalue weighted by atomic mass is 35.5. The molecule has 0 heterocycles. The maximum atomic E-state index is 12.4. The molecule has 1 aliphatic carbocycles. The summed E-state index contributed by atoms with van der Waals surface area (Å²) < 4.78 is 5.20. The lowest BCUT2D eigenvalue weighted by Crippen LogP contribution is -2.34. The van der Waals surface area contributed by atoms with Gasteiger partial charge >= 0.3 is 0 Å². The number of methoxy groups -OCH3 is 1. The molecule has 0 aliphatic heterocycles. The molecule has 1 aliphatic rings. The monoisotopic (exact) mass is 358 g/mol. The van der Waals surface area contributed by atoms with Gasteiger partial charge in [0.2, 0.25) is 5.91 Å². The Morgan fingerprint density at radius 3 is 2.56 bits per heavy atom. The molecular formula is C20H23ClN2O2. The van der Waals surface area contributed by atoms with Crippen LogP contribution in [-0.4, -0.2) is 19.6 Å². The Labute approximate surface area is 153 Å². The van der Waals surface area contributed by atoms with Crippen molar-refractivity contribution in [3.8, 4) is 5.75 Å². The third kappa shape index (κ3) is 4.67. The number of ether oxygens (including phenoxy) is 1. The third-order valence-electron chi connectivity index (χ3n) is 4.51. The minimum atomic E-state index is -0.0237. The second-order valence-electron chi connectivity index (χ2n) is 6.47. The lowest BCUT2D eigenvalue weighted by Gasteiger charge is -2.19. The van der Waals surface area contributed by atoms with Crippen LogP contribution in [0.25, 0.3) is 0 Å².